The molecule has 0 saturated carbocycles. The van der Waals surface area contributed by atoms with E-state index in [9.17, 15) is 22.8 Å². The van der Waals surface area contributed by atoms with Gasteiger partial charge in [0.1, 0.15) is 0 Å². The first-order valence-electron chi connectivity index (χ1n) is 7.47. The van der Waals surface area contributed by atoms with Crippen LogP contribution in [0.5, 0.6) is 0 Å². The molecule has 2 N–H and O–H groups in total. The minimum Gasteiger partial charge on any atom is -0.475 e. The number of carboxylic acid groups (broad SMARTS) is 1. The molecule has 0 aliphatic carbocycles. The zero-order valence-electron chi connectivity index (χ0n) is 13.3. The maximum absolute atomic E-state index is 12.7. The molecule has 0 saturated heterocycles. The third-order valence-electron chi connectivity index (χ3n) is 3.69. The van der Waals surface area contributed by atoms with E-state index in [-0.39, 0.29) is 24.0 Å². The van der Waals surface area contributed by atoms with Crippen LogP contribution in [-0.4, -0.2) is 23.5 Å². The minimum atomic E-state index is -4.40. The lowest BCUT2D eigenvalue weighted by Gasteiger charge is -2.14. The Morgan fingerprint density at radius 3 is 2.48 bits per heavy atom. The van der Waals surface area contributed by atoms with Crippen molar-refractivity contribution in [3.63, 3.8) is 0 Å². The Hall–Kier alpha value is -2.77. The van der Waals surface area contributed by atoms with Crippen LogP contribution in [0.25, 0.3) is 0 Å². The predicted molar refractivity (Wildman–Crippen MR) is 82.5 cm³/mol. The Balaban J connectivity index is 1.90. The molecule has 1 aromatic carbocycles. The van der Waals surface area contributed by atoms with Crippen molar-refractivity contribution in [1.82, 2.24) is 5.32 Å². The molecule has 0 aliphatic rings. The number of hydrogen-bond donors (Lipinski definition) is 2. The van der Waals surface area contributed by atoms with Crippen LogP contribution in [0.1, 0.15) is 51.5 Å². The average Bonchev–Trinajstić information content (AvgIpc) is 3.04. The van der Waals surface area contributed by atoms with Gasteiger partial charge in [0.05, 0.1) is 5.56 Å². The highest BCUT2D eigenvalue weighted by Crippen LogP contribution is 2.31. The summed E-state index contributed by atoms with van der Waals surface area (Å²) in [5.41, 5.74) is -0.187. The molecule has 2 aromatic rings. The standard InChI is InChI=1S/C17H16F3NO4/c1-10(11-3-2-4-12(9-11)17(18,19)20)7-8-21-15(22)13-5-6-14(25-13)16(23)24/h2-6,9-10H,7-8H2,1H3,(H,21,22)(H,23,24). The average molecular weight is 355 g/mol. The third-order valence-corrected chi connectivity index (χ3v) is 3.69. The number of aromatic carboxylic acids is 1. The number of nitrogens with one attached hydrogen (secondary N) is 1. The fourth-order valence-electron chi connectivity index (χ4n) is 2.25. The highest BCUT2D eigenvalue weighted by molar-refractivity contribution is 5.93. The van der Waals surface area contributed by atoms with Crippen molar-refractivity contribution >= 4 is 11.9 Å². The van der Waals surface area contributed by atoms with Crippen molar-refractivity contribution in [2.45, 2.75) is 25.4 Å². The van der Waals surface area contributed by atoms with Crippen molar-refractivity contribution in [1.29, 1.82) is 0 Å². The van der Waals surface area contributed by atoms with Gasteiger partial charge in [-0.1, -0.05) is 25.1 Å². The van der Waals surface area contributed by atoms with Gasteiger partial charge in [-0.2, -0.15) is 13.2 Å². The molecule has 1 aromatic heterocycles. The van der Waals surface area contributed by atoms with E-state index < -0.39 is 23.6 Å². The zero-order chi connectivity index (χ0) is 18.6. The van der Waals surface area contributed by atoms with Gasteiger partial charge >= 0.3 is 12.1 Å². The van der Waals surface area contributed by atoms with Crippen LogP contribution in [0.15, 0.2) is 40.8 Å². The Morgan fingerprint density at radius 2 is 1.88 bits per heavy atom. The van der Waals surface area contributed by atoms with Gasteiger partial charge in [0.2, 0.25) is 5.76 Å². The summed E-state index contributed by atoms with van der Waals surface area (Å²) in [4.78, 5) is 22.5. The van der Waals surface area contributed by atoms with E-state index >= 15 is 0 Å². The second-order valence-corrected chi connectivity index (χ2v) is 5.54. The fourth-order valence-corrected chi connectivity index (χ4v) is 2.25. The van der Waals surface area contributed by atoms with E-state index in [0.29, 0.717) is 12.0 Å². The van der Waals surface area contributed by atoms with Crippen LogP contribution in [0, 0.1) is 0 Å². The molecule has 134 valence electrons. The summed E-state index contributed by atoms with van der Waals surface area (Å²) in [5.74, 6) is -2.54. The summed E-state index contributed by atoms with van der Waals surface area (Å²) in [7, 11) is 0. The van der Waals surface area contributed by atoms with Crippen LogP contribution in [-0.2, 0) is 6.18 Å². The van der Waals surface area contributed by atoms with Crippen molar-refractivity contribution in [2.24, 2.45) is 0 Å². The molecule has 1 amide bonds. The Kier molecular flexibility index (Phi) is 5.51. The van der Waals surface area contributed by atoms with Crippen molar-refractivity contribution in [3.05, 3.63) is 59.0 Å². The monoisotopic (exact) mass is 355 g/mol. The van der Waals surface area contributed by atoms with Gasteiger partial charge in [0.25, 0.3) is 5.91 Å². The molecule has 8 heteroatoms. The van der Waals surface area contributed by atoms with E-state index in [4.69, 9.17) is 9.52 Å². The number of amides is 1. The maximum atomic E-state index is 12.7. The molecule has 25 heavy (non-hydrogen) atoms. The Labute approximate surface area is 141 Å². The summed E-state index contributed by atoms with van der Waals surface area (Å²) in [5, 5.41) is 11.3. The van der Waals surface area contributed by atoms with Gasteiger partial charge in [-0.3, -0.25) is 4.79 Å². The van der Waals surface area contributed by atoms with E-state index in [1.807, 2.05) is 0 Å². The van der Waals surface area contributed by atoms with Gasteiger partial charge < -0.3 is 14.8 Å². The molecule has 1 atom stereocenters. The van der Waals surface area contributed by atoms with Crippen LogP contribution in [0.2, 0.25) is 0 Å². The lowest BCUT2D eigenvalue weighted by Crippen LogP contribution is -2.25. The van der Waals surface area contributed by atoms with Gasteiger partial charge in [0, 0.05) is 6.54 Å². The number of carbonyl (C=O) groups excluding carboxylic acids is 1. The van der Waals surface area contributed by atoms with E-state index in [2.05, 4.69) is 5.32 Å². The van der Waals surface area contributed by atoms with Gasteiger partial charge in [-0.25, -0.2) is 4.79 Å². The first-order chi connectivity index (χ1) is 11.7. The van der Waals surface area contributed by atoms with Gasteiger partial charge in [-0.05, 0) is 36.1 Å². The largest absolute Gasteiger partial charge is 0.475 e. The first kappa shape index (κ1) is 18.6. The van der Waals surface area contributed by atoms with Crippen LogP contribution in [0.4, 0.5) is 13.2 Å². The second-order valence-electron chi connectivity index (χ2n) is 5.54. The molecule has 1 unspecified atom stereocenters. The van der Waals surface area contributed by atoms with Gasteiger partial charge in [0.15, 0.2) is 5.76 Å². The number of rotatable bonds is 6. The summed E-state index contributed by atoms with van der Waals surface area (Å²) in [6, 6.07) is 7.47. The number of halogens is 3. The van der Waals surface area contributed by atoms with Crippen LogP contribution in [0.3, 0.4) is 0 Å². The van der Waals surface area contributed by atoms with Crippen molar-refractivity contribution in [3.8, 4) is 0 Å². The highest BCUT2D eigenvalue weighted by Gasteiger charge is 2.30. The first-order valence-corrected chi connectivity index (χ1v) is 7.47. The maximum Gasteiger partial charge on any atom is 0.416 e. The number of carbonyl (C=O) groups is 2. The summed E-state index contributed by atoms with van der Waals surface area (Å²) in [6.07, 6.45) is -3.98. The van der Waals surface area contributed by atoms with Crippen molar-refractivity contribution in [2.75, 3.05) is 6.54 Å². The molecule has 0 bridgehead atoms. The molecule has 0 radical (unpaired) electrons. The summed E-state index contributed by atoms with van der Waals surface area (Å²) >= 11 is 0. The number of benzene rings is 1. The predicted octanol–water partition coefficient (Wildman–Crippen LogP) is 3.92. The van der Waals surface area contributed by atoms with Crippen LogP contribution >= 0.6 is 0 Å². The summed E-state index contributed by atoms with van der Waals surface area (Å²) < 4.78 is 43.0. The molecular weight excluding hydrogens is 339 g/mol. The SMILES string of the molecule is CC(CCNC(=O)c1ccc(C(=O)O)o1)c1cccc(C(F)(F)F)c1. The second kappa shape index (κ2) is 7.42. The molecule has 0 spiro atoms. The number of hydrogen-bond acceptors (Lipinski definition) is 3. The third kappa shape index (κ3) is 4.85. The summed E-state index contributed by atoms with van der Waals surface area (Å²) in [6.45, 7) is 1.97. The van der Waals surface area contributed by atoms with Crippen LogP contribution < -0.4 is 5.32 Å². The van der Waals surface area contributed by atoms with E-state index in [1.165, 1.54) is 18.2 Å². The topological polar surface area (TPSA) is 79.5 Å². The van der Waals surface area contributed by atoms with Crippen molar-refractivity contribution < 1.29 is 32.3 Å². The number of alkyl halides is 3. The lowest BCUT2D eigenvalue weighted by atomic mass is 9.96. The Bertz CT molecular complexity index is 767. The lowest BCUT2D eigenvalue weighted by molar-refractivity contribution is -0.137. The van der Waals surface area contributed by atoms with E-state index in [0.717, 1.165) is 12.1 Å². The quantitative estimate of drug-likeness (QED) is 0.823. The zero-order valence-corrected chi connectivity index (χ0v) is 13.3. The molecule has 0 aliphatic heterocycles. The smallest absolute Gasteiger partial charge is 0.416 e. The molecule has 1 heterocycles. The number of furan rings is 1. The van der Waals surface area contributed by atoms with Gasteiger partial charge in [-0.15, -0.1) is 0 Å². The molecule has 2 rings (SSSR count). The fraction of sp³-hybridized carbons (Fsp3) is 0.294. The normalized spacial score (nSPS) is 12.6. The highest BCUT2D eigenvalue weighted by atomic mass is 19.4. The molecule has 5 nitrogen and oxygen atoms in total. The Morgan fingerprint density at radius 1 is 1.20 bits per heavy atom. The van der Waals surface area contributed by atoms with E-state index in [1.54, 1.807) is 13.0 Å². The minimum absolute atomic E-state index is 0.135. The molecular formula is C17H16F3NO4. The number of carboxylic acids is 1. The molecule has 0 fully saturated rings.